The average molecular weight is 345 g/mol. The van der Waals surface area contributed by atoms with Crippen molar-refractivity contribution in [1.29, 1.82) is 0 Å². The van der Waals surface area contributed by atoms with E-state index in [0.717, 1.165) is 55.7 Å². The minimum absolute atomic E-state index is 0.609. The van der Waals surface area contributed by atoms with E-state index in [9.17, 15) is 0 Å². The highest BCUT2D eigenvalue weighted by Crippen LogP contribution is 2.32. The molecule has 1 aliphatic heterocycles. The normalized spacial score (nSPS) is 15.3. The fourth-order valence-corrected chi connectivity index (χ4v) is 3.36. The summed E-state index contributed by atoms with van der Waals surface area (Å²) in [5.74, 6) is 0.713. The number of aromatic nitrogens is 2. The summed E-state index contributed by atoms with van der Waals surface area (Å²) in [5.41, 5.74) is 6.83. The fourth-order valence-electron chi connectivity index (χ4n) is 2.54. The molecule has 2 aromatic rings. The summed E-state index contributed by atoms with van der Waals surface area (Å²) >= 11 is 1.55. The van der Waals surface area contributed by atoms with Gasteiger partial charge in [-0.3, -0.25) is 4.90 Å². The van der Waals surface area contributed by atoms with Gasteiger partial charge in [0.25, 0.3) is 0 Å². The SMILES string of the molecule is Nc1c(NCCCN2CCOCC2)ncnc1Sc1ccccc1. The van der Waals surface area contributed by atoms with Crippen molar-refractivity contribution in [3.8, 4) is 0 Å². The first-order chi connectivity index (χ1) is 11.8. The van der Waals surface area contributed by atoms with Crippen LogP contribution in [-0.2, 0) is 4.74 Å². The number of morpholine rings is 1. The Balaban J connectivity index is 1.51. The van der Waals surface area contributed by atoms with Crippen molar-refractivity contribution in [2.75, 3.05) is 50.4 Å². The Morgan fingerprint density at radius 3 is 2.75 bits per heavy atom. The molecule has 2 heterocycles. The van der Waals surface area contributed by atoms with Gasteiger partial charge < -0.3 is 15.8 Å². The molecular weight excluding hydrogens is 322 g/mol. The van der Waals surface area contributed by atoms with Crippen molar-refractivity contribution < 1.29 is 4.74 Å². The monoisotopic (exact) mass is 345 g/mol. The second-order valence-corrected chi connectivity index (χ2v) is 6.65. The van der Waals surface area contributed by atoms with Crippen molar-refractivity contribution in [3.05, 3.63) is 36.7 Å². The van der Waals surface area contributed by atoms with Crippen LogP contribution in [0.1, 0.15) is 6.42 Å². The van der Waals surface area contributed by atoms with Gasteiger partial charge in [0.1, 0.15) is 17.0 Å². The van der Waals surface area contributed by atoms with Gasteiger partial charge in [0.15, 0.2) is 5.82 Å². The highest BCUT2D eigenvalue weighted by Gasteiger charge is 2.11. The van der Waals surface area contributed by atoms with E-state index in [-0.39, 0.29) is 0 Å². The van der Waals surface area contributed by atoms with Crippen molar-refractivity contribution in [2.45, 2.75) is 16.3 Å². The molecule has 0 unspecified atom stereocenters. The van der Waals surface area contributed by atoms with Gasteiger partial charge in [-0.25, -0.2) is 9.97 Å². The van der Waals surface area contributed by atoms with Gasteiger partial charge in [-0.15, -0.1) is 0 Å². The Morgan fingerprint density at radius 1 is 1.17 bits per heavy atom. The van der Waals surface area contributed by atoms with Gasteiger partial charge in [0.2, 0.25) is 0 Å². The summed E-state index contributed by atoms with van der Waals surface area (Å²) in [7, 11) is 0. The molecule has 0 amide bonds. The minimum atomic E-state index is 0.609. The summed E-state index contributed by atoms with van der Waals surface area (Å²) in [6.07, 6.45) is 2.61. The van der Waals surface area contributed by atoms with Crippen LogP contribution < -0.4 is 11.1 Å². The molecule has 24 heavy (non-hydrogen) atoms. The average Bonchev–Trinajstić information content (AvgIpc) is 2.63. The van der Waals surface area contributed by atoms with Gasteiger partial charge in [-0.05, 0) is 25.1 Å². The van der Waals surface area contributed by atoms with Crippen molar-refractivity contribution >= 4 is 23.3 Å². The number of anilines is 2. The van der Waals surface area contributed by atoms with Crippen LogP contribution in [0.15, 0.2) is 46.6 Å². The van der Waals surface area contributed by atoms with Crippen LogP contribution in [0.4, 0.5) is 11.5 Å². The van der Waals surface area contributed by atoms with Crippen molar-refractivity contribution in [3.63, 3.8) is 0 Å². The molecule has 1 aromatic carbocycles. The predicted octanol–water partition coefficient (Wildman–Crippen LogP) is 2.34. The lowest BCUT2D eigenvalue weighted by molar-refractivity contribution is 0.0378. The molecule has 3 N–H and O–H groups in total. The van der Waals surface area contributed by atoms with E-state index >= 15 is 0 Å². The maximum absolute atomic E-state index is 6.22. The minimum Gasteiger partial charge on any atom is -0.394 e. The number of nitrogens with zero attached hydrogens (tertiary/aromatic N) is 3. The van der Waals surface area contributed by atoms with Crippen molar-refractivity contribution in [1.82, 2.24) is 14.9 Å². The first kappa shape index (κ1) is 17.0. The van der Waals surface area contributed by atoms with Crippen LogP contribution in [0, 0.1) is 0 Å². The third-order valence-corrected chi connectivity index (χ3v) is 4.88. The van der Waals surface area contributed by atoms with E-state index in [1.165, 1.54) is 0 Å². The van der Waals surface area contributed by atoms with E-state index in [4.69, 9.17) is 10.5 Å². The molecule has 1 fully saturated rings. The zero-order chi connectivity index (χ0) is 16.6. The molecule has 0 saturated carbocycles. The fraction of sp³-hybridized carbons (Fsp3) is 0.412. The smallest absolute Gasteiger partial charge is 0.153 e. The molecular formula is C17H23N5OS. The molecule has 0 atom stereocenters. The molecule has 7 heteroatoms. The first-order valence-electron chi connectivity index (χ1n) is 8.20. The van der Waals surface area contributed by atoms with E-state index < -0.39 is 0 Å². The third kappa shape index (κ3) is 4.83. The van der Waals surface area contributed by atoms with E-state index in [1.807, 2.05) is 30.3 Å². The number of hydrogen-bond donors (Lipinski definition) is 2. The first-order valence-corrected chi connectivity index (χ1v) is 9.02. The second kappa shape index (κ2) is 8.86. The summed E-state index contributed by atoms with van der Waals surface area (Å²) in [6, 6.07) is 10.1. The lowest BCUT2D eigenvalue weighted by Gasteiger charge is -2.26. The van der Waals surface area contributed by atoms with Gasteiger partial charge in [0, 0.05) is 24.5 Å². The van der Waals surface area contributed by atoms with Crippen LogP contribution in [0.2, 0.25) is 0 Å². The zero-order valence-electron chi connectivity index (χ0n) is 13.6. The Labute approximate surface area is 146 Å². The van der Waals surface area contributed by atoms with Crippen LogP contribution in [0.3, 0.4) is 0 Å². The molecule has 0 spiro atoms. The standard InChI is InChI=1S/C17H23N5OS/c18-15-16(19-7-4-8-22-9-11-23-12-10-22)20-13-21-17(15)24-14-5-2-1-3-6-14/h1-3,5-6,13H,4,7-12,18H2,(H,19,20,21). The Morgan fingerprint density at radius 2 is 1.96 bits per heavy atom. The van der Waals surface area contributed by atoms with E-state index in [2.05, 4.69) is 20.2 Å². The van der Waals surface area contributed by atoms with Gasteiger partial charge in [-0.2, -0.15) is 0 Å². The Kier molecular flexibility index (Phi) is 6.28. The maximum Gasteiger partial charge on any atom is 0.153 e. The number of nitrogen functional groups attached to an aromatic ring is 1. The third-order valence-electron chi connectivity index (χ3n) is 3.85. The predicted molar refractivity (Wildman–Crippen MR) is 97.4 cm³/mol. The van der Waals surface area contributed by atoms with Crippen LogP contribution in [0.25, 0.3) is 0 Å². The van der Waals surface area contributed by atoms with Gasteiger partial charge in [-0.1, -0.05) is 30.0 Å². The number of ether oxygens (including phenoxy) is 1. The lowest BCUT2D eigenvalue weighted by Crippen LogP contribution is -2.37. The molecule has 6 nitrogen and oxygen atoms in total. The number of nitrogens with two attached hydrogens (primary N) is 1. The maximum atomic E-state index is 6.22. The largest absolute Gasteiger partial charge is 0.394 e. The van der Waals surface area contributed by atoms with Crippen LogP contribution in [0.5, 0.6) is 0 Å². The number of rotatable bonds is 7. The Bertz CT molecular complexity index is 634. The zero-order valence-corrected chi connectivity index (χ0v) is 14.5. The van der Waals surface area contributed by atoms with Crippen LogP contribution >= 0.6 is 11.8 Å². The molecule has 0 aliphatic carbocycles. The highest BCUT2D eigenvalue weighted by molar-refractivity contribution is 7.99. The molecule has 0 radical (unpaired) electrons. The molecule has 1 aliphatic rings. The quantitative estimate of drug-likeness (QED) is 0.589. The summed E-state index contributed by atoms with van der Waals surface area (Å²) < 4.78 is 5.36. The second-order valence-electron chi connectivity index (χ2n) is 5.59. The molecule has 128 valence electrons. The molecule has 0 bridgehead atoms. The number of hydrogen-bond acceptors (Lipinski definition) is 7. The van der Waals surface area contributed by atoms with Gasteiger partial charge in [0.05, 0.1) is 13.2 Å². The van der Waals surface area contributed by atoms with Gasteiger partial charge >= 0.3 is 0 Å². The van der Waals surface area contributed by atoms with Crippen molar-refractivity contribution in [2.24, 2.45) is 0 Å². The highest BCUT2D eigenvalue weighted by atomic mass is 32.2. The van der Waals surface area contributed by atoms with E-state index in [0.29, 0.717) is 11.5 Å². The topological polar surface area (TPSA) is 76.3 Å². The van der Waals surface area contributed by atoms with E-state index in [1.54, 1.807) is 18.1 Å². The summed E-state index contributed by atoms with van der Waals surface area (Å²) in [4.78, 5) is 12.1. The number of nitrogens with one attached hydrogen (secondary N) is 1. The lowest BCUT2D eigenvalue weighted by atomic mass is 10.3. The summed E-state index contributed by atoms with van der Waals surface area (Å²) in [5, 5.41) is 4.12. The molecule has 1 saturated heterocycles. The van der Waals surface area contributed by atoms with Crippen LogP contribution in [-0.4, -0.2) is 54.3 Å². The molecule has 3 rings (SSSR count). The molecule has 1 aromatic heterocycles. The number of benzene rings is 1. The summed E-state index contributed by atoms with van der Waals surface area (Å²) in [6.45, 7) is 5.63. The Hall–Kier alpha value is -1.83.